The Kier molecular flexibility index (Phi) is 17.0. The Morgan fingerprint density at radius 3 is 2.14 bits per heavy atom. The first-order valence-electron chi connectivity index (χ1n) is 36.5. The van der Waals surface area contributed by atoms with Gasteiger partial charge in [-0.3, -0.25) is 0 Å². The van der Waals surface area contributed by atoms with Gasteiger partial charge in [-0.15, -0.1) is 6.58 Å². The van der Waals surface area contributed by atoms with E-state index in [1.807, 2.05) is 72.8 Å². The van der Waals surface area contributed by atoms with Crippen molar-refractivity contribution in [3.05, 3.63) is 334 Å². The van der Waals surface area contributed by atoms with Crippen LogP contribution in [0.5, 0.6) is 11.5 Å². The molecule has 101 heavy (non-hydrogen) atoms. The van der Waals surface area contributed by atoms with Gasteiger partial charge in [-0.25, -0.2) is 26.3 Å². The van der Waals surface area contributed by atoms with E-state index < -0.39 is 58.9 Å². The number of anilines is 2. The summed E-state index contributed by atoms with van der Waals surface area (Å²) in [6.45, 7) is 7.88. The lowest BCUT2D eigenvalue weighted by molar-refractivity contribution is 0.0462. The number of halogens is 6. The molecule has 6 aromatic rings. The molecule has 0 spiro atoms. The van der Waals surface area contributed by atoms with E-state index in [2.05, 4.69) is 120 Å². The first kappa shape index (κ1) is 64.9. The van der Waals surface area contributed by atoms with Gasteiger partial charge >= 0.3 is 0 Å². The van der Waals surface area contributed by atoms with Crippen LogP contribution in [0.2, 0.25) is 0 Å². The zero-order valence-corrected chi connectivity index (χ0v) is 56.6. The van der Waals surface area contributed by atoms with Gasteiger partial charge in [0.1, 0.15) is 65.8 Å². The fraction of sp³-hybridized carbons (Fsp3) is 0.311. The maximum Gasteiger partial charge on any atom is 0.130 e. The minimum atomic E-state index is -1.54. The molecule has 14 unspecified atom stereocenters. The smallest absolute Gasteiger partial charge is 0.130 e. The van der Waals surface area contributed by atoms with E-state index >= 15 is 26.3 Å². The van der Waals surface area contributed by atoms with Gasteiger partial charge in [0, 0.05) is 87.4 Å². The number of allylic oxidation sites excluding steroid dienone is 17. The van der Waals surface area contributed by atoms with Crippen LogP contribution in [-0.4, -0.2) is 41.7 Å². The minimum absolute atomic E-state index is 0.0128. The van der Waals surface area contributed by atoms with Gasteiger partial charge in [0.05, 0.1) is 11.2 Å². The SMILES string of the molecule is C=Cc1ccc(OC2C=CC(C3(c4c(F)cccc4F)c4ccccc4C4CCC(N(C5=CC6Oc7cc(N(C8=CC9=C(CC8)c8ccccc8C9(C8CC=C(OC9C=CC(C=C)CC9)CC8)C8C(F)C=CCC8F)c8ccc(F)cc8)ccc7C6C=C5)C5=CCC(F)CC5)=CC43)=CC2)cc1. The molecule has 11 heteroatoms. The largest absolute Gasteiger partial charge is 0.491 e. The number of rotatable bonds is 16. The Balaban J connectivity index is 0.723. The van der Waals surface area contributed by atoms with Crippen LogP contribution in [0.25, 0.3) is 11.6 Å². The highest BCUT2D eigenvalue weighted by molar-refractivity contribution is 5.86. The van der Waals surface area contributed by atoms with Crippen molar-refractivity contribution in [2.75, 3.05) is 4.90 Å². The van der Waals surface area contributed by atoms with Crippen LogP contribution in [0.3, 0.4) is 0 Å². The standard InChI is InChI=1S/C90H82F6N2O3/c1-3-55-19-39-67(40-20-55)99-69-43-23-57(24-44-69)89(87-81(93)15-9-16-82(87)94)77-13-7-5-11-71(77)73-47-35-63(51-79(73)89)97(61-31-27-59(91)28-32-61)65-37-49-75-76-50-38-66(54-86(76)101-85(75)53-65)98(62-33-29-60(92)30-34-62)64-36-48-74-72-12-6-8-14-78(72)90(80(74)52-64,88-83(95)17-10-18-84(88)96)58-25-45-70(46-26-58)100-68-41-21-56(4-2)22-42-68/h3-17,19-21,23-24,29-31,33-34,37-41,43,45,49-54,56,58-59,68-69,73,75,79,83-85,88H,1-2,18,22,25-28,32,35-36,42,44,46-48H2. The topological polar surface area (TPSA) is 34.2 Å². The van der Waals surface area contributed by atoms with E-state index in [9.17, 15) is 0 Å². The van der Waals surface area contributed by atoms with E-state index in [0.717, 1.165) is 103 Å². The van der Waals surface area contributed by atoms with Crippen LogP contribution in [0.15, 0.2) is 277 Å². The third-order valence-corrected chi connectivity index (χ3v) is 24.0. The molecule has 0 saturated heterocycles. The number of alkyl halides is 3. The van der Waals surface area contributed by atoms with E-state index in [1.54, 1.807) is 30.4 Å². The number of hydrogen-bond donors (Lipinski definition) is 0. The Labute approximate surface area is 588 Å². The molecule has 0 fully saturated rings. The monoisotopic (exact) mass is 1350 g/mol. The molecule has 11 aliphatic rings. The molecule has 5 nitrogen and oxygen atoms in total. The molecule has 14 atom stereocenters. The predicted molar refractivity (Wildman–Crippen MR) is 390 cm³/mol. The number of ether oxygens (including phenoxy) is 3. The van der Waals surface area contributed by atoms with Gasteiger partial charge < -0.3 is 24.0 Å². The molecule has 0 N–H and O–H groups in total. The van der Waals surface area contributed by atoms with Crippen molar-refractivity contribution in [3.63, 3.8) is 0 Å². The van der Waals surface area contributed by atoms with Gasteiger partial charge in [0.15, 0.2) is 0 Å². The van der Waals surface area contributed by atoms with Gasteiger partial charge in [0.2, 0.25) is 0 Å². The molecule has 512 valence electrons. The van der Waals surface area contributed by atoms with Crippen LogP contribution in [0.4, 0.5) is 37.7 Å². The number of benzene rings is 6. The molecule has 0 radical (unpaired) electrons. The second-order valence-corrected chi connectivity index (χ2v) is 29.3. The van der Waals surface area contributed by atoms with Crippen LogP contribution in [0, 0.1) is 41.1 Å². The molecule has 0 saturated carbocycles. The quantitative estimate of drug-likeness (QED) is 0.0713. The lowest BCUT2D eigenvalue weighted by Gasteiger charge is -2.50. The fourth-order valence-electron chi connectivity index (χ4n) is 19.5. The lowest BCUT2D eigenvalue weighted by Crippen LogP contribution is -2.51. The van der Waals surface area contributed by atoms with Gasteiger partial charge in [-0.2, -0.15) is 0 Å². The fourth-order valence-corrected chi connectivity index (χ4v) is 19.5. The van der Waals surface area contributed by atoms with Crippen molar-refractivity contribution in [1.29, 1.82) is 0 Å². The van der Waals surface area contributed by atoms with E-state index in [0.29, 0.717) is 81.6 Å². The molecule has 17 rings (SSSR count). The Bertz CT molecular complexity index is 4640. The molecule has 0 aromatic heterocycles. The average molecular weight is 1350 g/mol. The summed E-state index contributed by atoms with van der Waals surface area (Å²) < 4.78 is 120. The summed E-state index contributed by atoms with van der Waals surface area (Å²) in [6, 6.07) is 41.2. The second-order valence-electron chi connectivity index (χ2n) is 29.3. The number of nitrogens with zero attached hydrogens (tertiary/aromatic N) is 2. The van der Waals surface area contributed by atoms with Crippen LogP contribution in [-0.2, 0) is 15.6 Å². The van der Waals surface area contributed by atoms with Crippen molar-refractivity contribution >= 4 is 23.0 Å². The first-order chi connectivity index (χ1) is 49.4. The molecule has 0 bridgehead atoms. The molecular formula is C90H82F6N2O3. The van der Waals surface area contributed by atoms with Gasteiger partial charge in [-0.05, 0) is 230 Å². The minimum Gasteiger partial charge on any atom is -0.491 e. The molecule has 1 heterocycles. The third-order valence-electron chi connectivity index (χ3n) is 24.0. The Hall–Kier alpha value is -9.48. The maximum atomic E-state index is 17.4. The normalized spacial score (nSPS) is 30.3. The summed E-state index contributed by atoms with van der Waals surface area (Å²) in [7, 11) is 0. The third kappa shape index (κ3) is 11.1. The van der Waals surface area contributed by atoms with Crippen molar-refractivity contribution in [3.8, 4) is 11.5 Å². The maximum absolute atomic E-state index is 17.4. The highest BCUT2D eigenvalue weighted by atomic mass is 19.2. The summed E-state index contributed by atoms with van der Waals surface area (Å²) in [5.41, 5.74) is 11.8. The summed E-state index contributed by atoms with van der Waals surface area (Å²) >= 11 is 0. The highest BCUT2D eigenvalue weighted by Gasteiger charge is 2.61. The molecule has 0 amide bonds. The Morgan fingerprint density at radius 1 is 0.594 bits per heavy atom. The summed E-state index contributed by atoms with van der Waals surface area (Å²) in [5, 5.41) is 0. The molecule has 1 aliphatic heterocycles. The van der Waals surface area contributed by atoms with Crippen molar-refractivity contribution in [2.45, 2.75) is 149 Å². The zero-order valence-electron chi connectivity index (χ0n) is 56.6. The average Bonchev–Trinajstić information content (AvgIpc) is 1.55. The van der Waals surface area contributed by atoms with Crippen LogP contribution in [0.1, 0.15) is 141 Å². The lowest BCUT2D eigenvalue weighted by atomic mass is 9.54. The second kappa shape index (κ2) is 26.5. The molecular weight excluding hydrogens is 1270 g/mol. The van der Waals surface area contributed by atoms with Crippen LogP contribution < -0.4 is 14.4 Å². The van der Waals surface area contributed by atoms with E-state index in [-0.39, 0.29) is 54.2 Å². The summed E-state index contributed by atoms with van der Waals surface area (Å²) in [6.07, 6.45) is 36.0. The van der Waals surface area contributed by atoms with Crippen molar-refractivity contribution in [1.82, 2.24) is 4.90 Å². The van der Waals surface area contributed by atoms with E-state index in [1.165, 1.54) is 30.3 Å². The first-order valence-corrected chi connectivity index (χ1v) is 36.5. The number of hydrogen-bond acceptors (Lipinski definition) is 5. The number of fused-ring (bicyclic) bond motifs is 8. The van der Waals surface area contributed by atoms with Crippen molar-refractivity contribution in [2.24, 2.45) is 23.7 Å². The zero-order chi connectivity index (χ0) is 68.7. The Morgan fingerprint density at radius 2 is 1.40 bits per heavy atom. The molecule has 6 aromatic carbocycles. The predicted octanol–water partition coefficient (Wildman–Crippen LogP) is 22.5. The summed E-state index contributed by atoms with van der Waals surface area (Å²) in [5.74, 6) is -0.794. The molecule has 10 aliphatic carbocycles. The highest BCUT2D eigenvalue weighted by Crippen LogP contribution is 2.66. The van der Waals surface area contributed by atoms with Crippen LogP contribution >= 0.6 is 0 Å². The van der Waals surface area contributed by atoms with Gasteiger partial charge in [-0.1, -0.05) is 140 Å². The van der Waals surface area contributed by atoms with Crippen molar-refractivity contribution < 1.29 is 40.6 Å². The van der Waals surface area contributed by atoms with Gasteiger partial charge in [0.25, 0.3) is 0 Å². The summed E-state index contributed by atoms with van der Waals surface area (Å²) in [4.78, 5) is 4.45. The van der Waals surface area contributed by atoms with E-state index in [4.69, 9.17) is 14.2 Å².